The van der Waals surface area contributed by atoms with E-state index in [-0.39, 0.29) is 23.5 Å². The van der Waals surface area contributed by atoms with Crippen LogP contribution in [0.2, 0.25) is 0 Å². The zero-order valence-corrected chi connectivity index (χ0v) is 23.0. The van der Waals surface area contributed by atoms with Crippen molar-refractivity contribution in [2.45, 2.75) is 58.4 Å². The second-order valence-corrected chi connectivity index (χ2v) is 10.3. The lowest BCUT2D eigenvalue weighted by Crippen LogP contribution is -2.46. The van der Waals surface area contributed by atoms with Crippen LogP contribution in [0.3, 0.4) is 0 Å². The molecule has 1 heterocycles. The summed E-state index contributed by atoms with van der Waals surface area (Å²) in [5, 5.41) is 5.96. The molecule has 2 aromatic carbocycles. The van der Waals surface area contributed by atoms with Gasteiger partial charge in [0.05, 0.1) is 11.1 Å². The molecule has 2 N–H and O–H groups in total. The van der Waals surface area contributed by atoms with E-state index in [1.807, 2.05) is 24.8 Å². The van der Waals surface area contributed by atoms with Gasteiger partial charge in [0.25, 0.3) is 11.8 Å². The number of nitrogens with one attached hydrogen (secondary N) is 2. The number of hydrogen-bond donors (Lipinski definition) is 2. The number of halogens is 1. The van der Waals surface area contributed by atoms with Gasteiger partial charge in [-0.05, 0) is 63.4 Å². The van der Waals surface area contributed by atoms with Crippen LogP contribution in [0, 0.1) is 5.82 Å². The summed E-state index contributed by atoms with van der Waals surface area (Å²) in [7, 11) is 0. The first-order valence-corrected chi connectivity index (χ1v) is 14.2. The van der Waals surface area contributed by atoms with Gasteiger partial charge in [-0.25, -0.2) is 9.18 Å². The van der Waals surface area contributed by atoms with Crippen molar-refractivity contribution in [3.8, 4) is 0 Å². The largest absolute Gasteiger partial charge is 0.369 e. The normalized spacial score (nSPS) is 16.4. The van der Waals surface area contributed by atoms with Gasteiger partial charge in [0.15, 0.2) is 0 Å². The predicted molar refractivity (Wildman–Crippen MR) is 152 cm³/mol. The van der Waals surface area contributed by atoms with E-state index in [2.05, 4.69) is 15.5 Å². The monoisotopic (exact) mass is 537 g/mol. The molecule has 8 nitrogen and oxygen atoms in total. The Labute approximate surface area is 230 Å². The van der Waals surface area contributed by atoms with E-state index in [0.29, 0.717) is 50.5 Å². The third-order valence-corrected chi connectivity index (χ3v) is 7.71. The van der Waals surface area contributed by atoms with Crippen molar-refractivity contribution in [1.82, 2.24) is 15.1 Å². The topological polar surface area (TPSA) is 85.0 Å². The summed E-state index contributed by atoms with van der Waals surface area (Å²) in [6.07, 6.45) is 6.44. The molecule has 0 unspecified atom stereocenters. The number of hydrogen-bond acceptors (Lipinski definition) is 4. The smallest absolute Gasteiger partial charge is 0.317 e. The van der Waals surface area contributed by atoms with E-state index < -0.39 is 11.7 Å². The fraction of sp³-hybridized carbons (Fsp3) is 0.500. The number of anilines is 2. The van der Waals surface area contributed by atoms with Crippen molar-refractivity contribution in [3.63, 3.8) is 0 Å². The van der Waals surface area contributed by atoms with Crippen LogP contribution in [0.4, 0.5) is 20.6 Å². The summed E-state index contributed by atoms with van der Waals surface area (Å²) in [5.74, 6) is -1.31. The lowest BCUT2D eigenvalue weighted by Gasteiger charge is -2.29. The molecular weight excluding hydrogens is 497 g/mol. The molecule has 2 aliphatic rings. The van der Waals surface area contributed by atoms with E-state index in [1.54, 1.807) is 23.1 Å². The Morgan fingerprint density at radius 2 is 1.64 bits per heavy atom. The van der Waals surface area contributed by atoms with Crippen molar-refractivity contribution < 1.29 is 18.8 Å². The Bertz CT molecular complexity index is 1160. The fourth-order valence-electron chi connectivity index (χ4n) is 5.46. The predicted octanol–water partition coefficient (Wildman–Crippen LogP) is 5.11. The van der Waals surface area contributed by atoms with Gasteiger partial charge in [-0.2, -0.15) is 0 Å². The molecule has 0 radical (unpaired) electrons. The number of urea groups is 1. The molecule has 0 bridgehead atoms. The van der Waals surface area contributed by atoms with Crippen LogP contribution in [-0.4, -0.2) is 73.0 Å². The lowest BCUT2D eigenvalue weighted by atomic mass is 9.96. The van der Waals surface area contributed by atoms with Crippen LogP contribution in [0.15, 0.2) is 42.5 Å². The zero-order valence-electron chi connectivity index (χ0n) is 23.0. The van der Waals surface area contributed by atoms with E-state index in [4.69, 9.17) is 0 Å². The first-order chi connectivity index (χ1) is 18.9. The molecule has 0 spiro atoms. The SMILES string of the molecule is CCN(CC)C(=O)c1cc(NC(=O)c2ccccc2F)ccc1N1CCCN(C(=O)NC2CCCCC2)CC1. The molecule has 1 aliphatic heterocycles. The Balaban J connectivity index is 1.52. The maximum absolute atomic E-state index is 14.2. The van der Waals surface area contributed by atoms with Crippen LogP contribution in [0.1, 0.15) is 73.1 Å². The van der Waals surface area contributed by atoms with Crippen LogP contribution in [0.25, 0.3) is 0 Å². The van der Waals surface area contributed by atoms with Crippen LogP contribution in [-0.2, 0) is 0 Å². The van der Waals surface area contributed by atoms with Gasteiger partial charge >= 0.3 is 6.03 Å². The van der Waals surface area contributed by atoms with E-state index in [1.165, 1.54) is 37.5 Å². The highest BCUT2D eigenvalue weighted by Gasteiger charge is 2.26. The van der Waals surface area contributed by atoms with E-state index in [0.717, 1.165) is 24.9 Å². The third-order valence-electron chi connectivity index (χ3n) is 7.71. The highest BCUT2D eigenvalue weighted by molar-refractivity contribution is 6.06. The molecule has 39 heavy (non-hydrogen) atoms. The molecule has 210 valence electrons. The van der Waals surface area contributed by atoms with Crippen LogP contribution < -0.4 is 15.5 Å². The van der Waals surface area contributed by atoms with Gasteiger partial charge in [-0.15, -0.1) is 0 Å². The van der Waals surface area contributed by atoms with Crippen molar-refractivity contribution in [1.29, 1.82) is 0 Å². The highest BCUT2D eigenvalue weighted by Crippen LogP contribution is 2.28. The maximum atomic E-state index is 14.2. The van der Waals surface area contributed by atoms with Gasteiger partial charge in [-0.1, -0.05) is 31.4 Å². The number of rotatable bonds is 7. The summed E-state index contributed by atoms with van der Waals surface area (Å²) in [6, 6.07) is 11.3. The average Bonchev–Trinajstić information content (AvgIpc) is 3.21. The van der Waals surface area contributed by atoms with Crippen LogP contribution in [0.5, 0.6) is 0 Å². The van der Waals surface area contributed by atoms with Crippen LogP contribution >= 0.6 is 0 Å². The van der Waals surface area contributed by atoms with E-state index in [9.17, 15) is 18.8 Å². The molecule has 1 saturated heterocycles. The number of carbonyl (C=O) groups is 3. The van der Waals surface area contributed by atoms with Crippen molar-refractivity contribution in [3.05, 3.63) is 59.4 Å². The second-order valence-electron chi connectivity index (χ2n) is 10.3. The molecule has 1 saturated carbocycles. The van der Waals surface area contributed by atoms with Gasteiger partial charge in [0, 0.05) is 56.7 Å². The minimum absolute atomic E-state index is 0.00519. The summed E-state index contributed by atoms with van der Waals surface area (Å²) in [4.78, 5) is 45.0. The summed E-state index contributed by atoms with van der Waals surface area (Å²) >= 11 is 0. The quantitative estimate of drug-likeness (QED) is 0.514. The van der Waals surface area contributed by atoms with Gasteiger partial charge < -0.3 is 25.3 Å². The molecule has 2 fully saturated rings. The zero-order chi connectivity index (χ0) is 27.8. The average molecular weight is 538 g/mol. The van der Waals surface area contributed by atoms with Gasteiger partial charge in [0.2, 0.25) is 0 Å². The van der Waals surface area contributed by atoms with Gasteiger partial charge in [-0.3, -0.25) is 9.59 Å². The molecule has 4 amide bonds. The molecule has 0 atom stereocenters. The number of carbonyl (C=O) groups excluding carboxylic acids is 3. The maximum Gasteiger partial charge on any atom is 0.317 e. The standard InChI is InChI=1S/C30H40FN5O3/c1-3-34(4-2)29(38)25-21-23(32-28(37)24-13-8-9-14-26(24)31)15-16-27(25)35-17-10-18-36(20-19-35)30(39)33-22-11-6-5-7-12-22/h8-9,13-16,21-22H,3-7,10-12,17-20H2,1-2H3,(H,32,37)(H,33,39). The van der Waals surface area contributed by atoms with E-state index >= 15 is 0 Å². The summed E-state index contributed by atoms with van der Waals surface area (Å²) in [6.45, 7) is 7.48. The van der Waals surface area contributed by atoms with Gasteiger partial charge in [0.1, 0.15) is 5.82 Å². The summed E-state index contributed by atoms with van der Waals surface area (Å²) in [5.41, 5.74) is 1.61. The Morgan fingerprint density at radius 3 is 2.36 bits per heavy atom. The molecular formula is C30H40FN5O3. The number of nitrogens with zero attached hydrogens (tertiary/aromatic N) is 3. The number of benzene rings is 2. The Kier molecular flexibility index (Phi) is 9.79. The lowest BCUT2D eigenvalue weighted by molar-refractivity contribution is 0.0773. The molecule has 1 aliphatic carbocycles. The minimum Gasteiger partial charge on any atom is -0.369 e. The molecule has 0 aromatic heterocycles. The minimum atomic E-state index is -0.604. The molecule has 2 aromatic rings. The fourth-order valence-corrected chi connectivity index (χ4v) is 5.46. The van der Waals surface area contributed by atoms with Crippen molar-refractivity contribution in [2.24, 2.45) is 0 Å². The molecule has 9 heteroatoms. The van der Waals surface area contributed by atoms with Crippen molar-refractivity contribution >= 4 is 29.2 Å². The summed E-state index contributed by atoms with van der Waals surface area (Å²) < 4.78 is 14.2. The highest BCUT2D eigenvalue weighted by atomic mass is 19.1. The first-order valence-electron chi connectivity index (χ1n) is 14.2. The second kappa shape index (κ2) is 13.4. The Hall–Kier alpha value is -3.62. The van der Waals surface area contributed by atoms with Crippen molar-refractivity contribution in [2.75, 3.05) is 49.5 Å². The first kappa shape index (κ1) is 28.4. The Morgan fingerprint density at radius 1 is 0.897 bits per heavy atom. The molecule has 4 rings (SSSR count). The number of amides is 4. The third kappa shape index (κ3) is 7.07.